The predicted octanol–water partition coefficient (Wildman–Crippen LogP) is -0.744. The van der Waals surface area contributed by atoms with Crippen LogP contribution in [0, 0.1) is 10.4 Å². The van der Waals surface area contributed by atoms with Gasteiger partial charge in [-0.05, 0) is 40.4 Å². The number of pyridine rings is 1. The van der Waals surface area contributed by atoms with Gasteiger partial charge in [0.2, 0.25) is 16.3 Å². The Morgan fingerprint density at radius 1 is 0.950 bits per heavy atom. The van der Waals surface area contributed by atoms with Gasteiger partial charge in [-0.2, -0.15) is 0 Å². The van der Waals surface area contributed by atoms with E-state index in [0.717, 1.165) is 13.2 Å². The average Bonchev–Trinajstić information content (AvgIpc) is 3.43. The van der Waals surface area contributed by atoms with Gasteiger partial charge in [0.25, 0.3) is 5.56 Å². The first kappa shape index (κ1) is 25.5. The van der Waals surface area contributed by atoms with Crippen LogP contribution in [0.4, 0.5) is 0 Å². The van der Waals surface area contributed by atoms with Gasteiger partial charge in [-0.1, -0.05) is 5.16 Å². The van der Waals surface area contributed by atoms with E-state index in [-0.39, 0.29) is 29.5 Å². The van der Waals surface area contributed by atoms with Crippen molar-refractivity contribution in [2.45, 2.75) is 18.3 Å². The number of halogens is 1. The molecule has 6 rings (SSSR count). The van der Waals surface area contributed by atoms with Crippen LogP contribution in [0.3, 0.4) is 0 Å². The molecule has 4 N–H and O–H groups in total. The number of aromatic amines is 1. The number of phenolic OH excluding ortho intramolecular Hbond substituents is 1. The smallest absolute Gasteiger partial charge is 0.260 e. The molecule has 4 aliphatic rings. The summed E-state index contributed by atoms with van der Waals surface area (Å²) in [5.41, 5.74) is -6.39. The molecule has 1 spiro atoms. The molecule has 1 atom stereocenters. The number of benzene rings is 1. The zero-order valence-corrected chi connectivity index (χ0v) is 22.3. The summed E-state index contributed by atoms with van der Waals surface area (Å²) in [5, 5.41) is 35.4. The maximum atomic E-state index is 13.6. The number of aliphatic hydroxyl groups excluding tert-OH is 2. The van der Waals surface area contributed by atoms with Gasteiger partial charge in [-0.3, -0.25) is 24.0 Å². The molecule has 1 aromatic carbocycles. The van der Waals surface area contributed by atoms with Gasteiger partial charge in [0.05, 0.1) is 45.3 Å². The van der Waals surface area contributed by atoms with Crippen LogP contribution in [-0.4, -0.2) is 40.7 Å². The van der Waals surface area contributed by atoms with Gasteiger partial charge in [-0.25, -0.2) is 0 Å². The number of aromatic hydroxyl groups is 1. The molecule has 0 saturated heterocycles. The Morgan fingerprint density at radius 3 is 2.23 bits per heavy atom. The first-order valence-electron chi connectivity index (χ1n) is 11.7. The summed E-state index contributed by atoms with van der Waals surface area (Å²) in [6.45, 7) is 0. The number of aromatic nitrogens is 1. The number of fused-ring (bicyclic) bond motifs is 4. The topological polar surface area (TPSA) is 193 Å². The minimum absolute atomic E-state index is 0.0907. The fraction of sp³-hybridized carbons (Fsp3) is 0.185. The Kier molecular flexibility index (Phi) is 5.33. The molecule has 0 unspecified atom stereocenters. The molecule has 4 aliphatic carbocycles. The number of phenols is 1. The SMILES string of the molecule is CON=Cc1cc2c(Br)c3c(c(O)c2c(=O)[nH]1)[C@@]1(CC3)C(O)=c2c(=O)c3c(=O)cc(OC)c(=O)c=3c(=O)c2=C1O. The van der Waals surface area contributed by atoms with Crippen LogP contribution in [0.15, 0.2) is 45.7 Å². The van der Waals surface area contributed by atoms with Crippen molar-refractivity contribution in [2.24, 2.45) is 5.16 Å². The van der Waals surface area contributed by atoms with Crippen molar-refractivity contribution in [1.82, 2.24) is 4.98 Å². The van der Waals surface area contributed by atoms with Crippen molar-refractivity contribution < 1.29 is 24.9 Å². The highest BCUT2D eigenvalue weighted by molar-refractivity contribution is 9.10. The lowest BCUT2D eigenvalue weighted by molar-refractivity contribution is 0.215. The largest absolute Gasteiger partial charge is 0.510 e. The number of H-pyrrole nitrogens is 1. The number of rotatable bonds is 3. The number of methoxy groups -OCH3 is 1. The highest BCUT2D eigenvalue weighted by atomic mass is 79.9. The van der Waals surface area contributed by atoms with Crippen LogP contribution in [0.25, 0.3) is 22.3 Å². The fourth-order valence-corrected chi connectivity index (χ4v) is 6.70. The molecule has 13 heteroatoms. The number of nitrogens with one attached hydrogen (secondary N) is 1. The first-order valence-corrected chi connectivity index (χ1v) is 12.5. The van der Waals surface area contributed by atoms with Gasteiger partial charge in [0, 0.05) is 21.5 Å². The Hall–Kier alpha value is -4.78. The van der Waals surface area contributed by atoms with Crippen molar-refractivity contribution >= 4 is 44.4 Å². The zero-order valence-electron chi connectivity index (χ0n) is 20.7. The van der Waals surface area contributed by atoms with Crippen LogP contribution >= 0.6 is 15.9 Å². The number of hydrogen-bond donors (Lipinski definition) is 4. The third-order valence-electron chi connectivity index (χ3n) is 7.67. The number of nitrogens with zero attached hydrogens (tertiary/aromatic N) is 1. The van der Waals surface area contributed by atoms with Crippen molar-refractivity contribution in [3.8, 4) is 11.5 Å². The van der Waals surface area contributed by atoms with Gasteiger partial charge in [0.1, 0.15) is 29.8 Å². The highest BCUT2D eigenvalue weighted by Gasteiger charge is 2.53. The molecule has 1 aromatic heterocycles. The third-order valence-corrected chi connectivity index (χ3v) is 8.58. The normalized spacial score (nSPS) is 17.9. The van der Waals surface area contributed by atoms with Crippen molar-refractivity contribution in [1.29, 1.82) is 0 Å². The van der Waals surface area contributed by atoms with E-state index in [4.69, 9.17) is 4.74 Å². The molecule has 0 aliphatic heterocycles. The number of ether oxygens (including phenoxy) is 1. The molecule has 0 bridgehead atoms. The summed E-state index contributed by atoms with van der Waals surface area (Å²) >= 11 is 3.47. The molecule has 0 radical (unpaired) electrons. The van der Waals surface area contributed by atoms with Crippen LogP contribution < -0.4 is 42.4 Å². The fourth-order valence-electron chi connectivity index (χ4n) is 5.99. The van der Waals surface area contributed by atoms with Crippen LogP contribution in [0.2, 0.25) is 0 Å². The highest BCUT2D eigenvalue weighted by Crippen LogP contribution is 2.56. The molecular formula is C27H17BrN2O10. The monoisotopic (exact) mass is 608 g/mol. The summed E-state index contributed by atoms with van der Waals surface area (Å²) < 4.78 is 5.25. The maximum Gasteiger partial charge on any atom is 0.260 e. The lowest BCUT2D eigenvalue weighted by Gasteiger charge is -2.27. The minimum atomic E-state index is -1.99. The molecule has 2 aromatic rings. The maximum absolute atomic E-state index is 13.6. The second kappa shape index (κ2) is 8.36. The summed E-state index contributed by atoms with van der Waals surface area (Å²) in [5.74, 6) is -2.59. The lowest BCUT2D eigenvalue weighted by Crippen LogP contribution is -2.51. The average molecular weight is 609 g/mol. The molecule has 12 nitrogen and oxygen atoms in total. The first-order chi connectivity index (χ1) is 19.0. The van der Waals surface area contributed by atoms with Gasteiger partial charge in [-0.15, -0.1) is 0 Å². The van der Waals surface area contributed by atoms with E-state index in [2.05, 4.69) is 30.9 Å². The zero-order chi connectivity index (χ0) is 28.8. The molecule has 202 valence electrons. The molecule has 0 fully saturated rings. The molecular weight excluding hydrogens is 592 g/mol. The Balaban J connectivity index is 1.80. The molecule has 0 amide bonds. The van der Waals surface area contributed by atoms with E-state index in [1.165, 1.54) is 19.4 Å². The van der Waals surface area contributed by atoms with E-state index < -0.39 is 76.6 Å². The predicted molar refractivity (Wildman–Crippen MR) is 146 cm³/mol. The van der Waals surface area contributed by atoms with Crippen LogP contribution in [-0.2, 0) is 16.7 Å². The van der Waals surface area contributed by atoms with Crippen LogP contribution in [0.1, 0.15) is 23.2 Å². The number of oxime groups is 1. The number of aliphatic hydroxyl groups is 2. The van der Waals surface area contributed by atoms with E-state index in [0.29, 0.717) is 15.4 Å². The molecule has 0 saturated carbocycles. The Morgan fingerprint density at radius 2 is 1.60 bits per heavy atom. The second-order valence-corrected chi connectivity index (χ2v) is 10.2. The summed E-state index contributed by atoms with van der Waals surface area (Å²) in [6.07, 6.45) is 1.27. The summed E-state index contributed by atoms with van der Waals surface area (Å²) in [7, 11) is 2.44. The van der Waals surface area contributed by atoms with E-state index in [1.54, 1.807) is 0 Å². The van der Waals surface area contributed by atoms with Crippen LogP contribution in [0.5, 0.6) is 11.5 Å². The Bertz CT molecular complexity index is 2350. The number of hydrogen-bond acceptors (Lipinski definition) is 11. The summed E-state index contributed by atoms with van der Waals surface area (Å²) in [4.78, 5) is 73.0. The molecule has 40 heavy (non-hydrogen) atoms. The standard InChI is InChI=1S/C27H17BrN2O10/c1-39-12-6-11(31)14-15(20(12)32)22(34)17-16(21(14)33)24(36)27(25(17)37)4-3-9-18(27)23(35)13-10(19(9)28)5-8(7-29-40-2)30-26(13)38/h5-7,35-37H,3-4H2,1-2H3,(H,30,38)/t27-/m0/s1. The van der Waals surface area contributed by atoms with Crippen molar-refractivity contribution in [3.05, 3.63) is 106 Å². The van der Waals surface area contributed by atoms with E-state index in [1.807, 2.05) is 0 Å². The van der Waals surface area contributed by atoms with Gasteiger partial charge >= 0.3 is 0 Å². The quantitative estimate of drug-likeness (QED) is 0.170. The van der Waals surface area contributed by atoms with Crippen molar-refractivity contribution in [3.63, 3.8) is 0 Å². The minimum Gasteiger partial charge on any atom is -0.510 e. The van der Waals surface area contributed by atoms with E-state index >= 15 is 0 Å². The van der Waals surface area contributed by atoms with Crippen molar-refractivity contribution in [2.75, 3.05) is 14.2 Å². The van der Waals surface area contributed by atoms with E-state index in [9.17, 15) is 39.3 Å². The second-order valence-electron chi connectivity index (χ2n) is 9.44. The Labute approximate surface area is 228 Å². The molecule has 1 heterocycles. The summed E-state index contributed by atoms with van der Waals surface area (Å²) in [6, 6.07) is 2.31. The third kappa shape index (κ3) is 2.89. The lowest BCUT2D eigenvalue weighted by atomic mass is 9.78. The van der Waals surface area contributed by atoms with Gasteiger partial charge < -0.3 is 29.9 Å². The van der Waals surface area contributed by atoms with Gasteiger partial charge in [0.15, 0.2) is 11.2 Å².